The van der Waals surface area contributed by atoms with Crippen LogP contribution in [0.4, 0.5) is 0 Å². The summed E-state index contributed by atoms with van der Waals surface area (Å²) >= 11 is 0. The van der Waals surface area contributed by atoms with E-state index in [9.17, 15) is 14.7 Å². The highest BCUT2D eigenvalue weighted by atomic mass is 16.4. The van der Waals surface area contributed by atoms with Crippen LogP contribution in [0.1, 0.15) is 27.4 Å². The van der Waals surface area contributed by atoms with Crippen molar-refractivity contribution in [3.05, 3.63) is 53.2 Å². The van der Waals surface area contributed by atoms with E-state index in [2.05, 4.69) is 10.3 Å². The highest BCUT2D eigenvalue weighted by Crippen LogP contribution is 2.13. The van der Waals surface area contributed by atoms with Crippen LogP contribution in [0, 0.1) is 19.8 Å². The lowest BCUT2D eigenvalue weighted by molar-refractivity contribution is -0.141. The van der Waals surface area contributed by atoms with Gasteiger partial charge in [-0.1, -0.05) is 24.3 Å². The average Bonchev–Trinajstić information content (AvgIpc) is 2.91. The van der Waals surface area contributed by atoms with Gasteiger partial charge in [0.25, 0.3) is 5.91 Å². The van der Waals surface area contributed by atoms with Crippen LogP contribution in [0.15, 0.2) is 35.1 Å². The molecule has 116 valence electrons. The molecule has 0 spiro atoms. The normalized spacial score (nSPS) is 11.9. The number of benzene rings is 1. The fourth-order valence-electron chi connectivity index (χ4n) is 2.17. The average molecular weight is 302 g/mol. The molecule has 0 bridgehead atoms. The van der Waals surface area contributed by atoms with Crippen molar-refractivity contribution in [3.63, 3.8) is 0 Å². The second-order valence-corrected chi connectivity index (χ2v) is 5.13. The standard InChI is InChI=1S/C16H18N2O4/c1-10-5-3-4-6-12(10)7-13(16(20)21)8-17-15(19)14-11(2)22-9-18-14/h3-6,9,13H,7-8H2,1-2H3,(H,17,19)(H,20,21)/t13-/m1/s1. The maximum Gasteiger partial charge on any atom is 0.308 e. The summed E-state index contributed by atoms with van der Waals surface area (Å²) < 4.78 is 4.96. The second kappa shape index (κ2) is 6.89. The molecule has 1 atom stereocenters. The van der Waals surface area contributed by atoms with Gasteiger partial charge in [-0.05, 0) is 31.4 Å². The fourth-order valence-corrected chi connectivity index (χ4v) is 2.17. The molecule has 22 heavy (non-hydrogen) atoms. The minimum Gasteiger partial charge on any atom is -0.481 e. The smallest absolute Gasteiger partial charge is 0.308 e. The number of carboxylic acid groups (broad SMARTS) is 1. The molecule has 0 aliphatic heterocycles. The molecule has 0 saturated heterocycles. The van der Waals surface area contributed by atoms with Crippen molar-refractivity contribution < 1.29 is 19.1 Å². The van der Waals surface area contributed by atoms with Gasteiger partial charge in [-0.15, -0.1) is 0 Å². The zero-order valence-corrected chi connectivity index (χ0v) is 12.5. The molecule has 2 N–H and O–H groups in total. The van der Waals surface area contributed by atoms with Crippen LogP contribution in [0.2, 0.25) is 0 Å². The molecule has 1 amide bonds. The molecule has 0 radical (unpaired) electrons. The quantitative estimate of drug-likeness (QED) is 0.851. The molecule has 1 aromatic carbocycles. The molecule has 6 heteroatoms. The van der Waals surface area contributed by atoms with Crippen LogP contribution in [0.25, 0.3) is 0 Å². The minimum atomic E-state index is -0.944. The number of aliphatic carboxylic acids is 1. The first-order chi connectivity index (χ1) is 10.5. The van der Waals surface area contributed by atoms with Gasteiger partial charge in [0.1, 0.15) is 5.76 Å². The minimum absolute atomic E-state index is 0.0365. The zero-order valence-electron chi connectivity index (χ0n) is 12.5. The number of aryl methyl sites for hydroxylation is 2. The Bertz CT molecular complexity index is 678. The Kier molecular flexibility index (Phi) is 4.93. The Labute approximate surface area is 128 Å². The van der Waals surface area contributed by atoms with Gasteiger partial charge in [-0.3, -0.25) is 9.59 Å². The number of aromatic nitrogens is 1. The molecule has 0 aliphatic carbocycles. The third kappa shape index (κ3) is 3.72. The first-order valence-electron chi connectivity index (χ1n) is 6.94. The zero-order chi connectivity index (χ0) is 16.1. The molecule has 1 heterocycles. The van der Waals surface area contributed by atoms with E-state index in [4.69, 9.17) is 4.42 Å². The van der Waals surface area contributed by atoms with Crippen LogP contribution < -0.4 is 5.32 Å². The number of carbonyl (C=O) groups excluding carboxylic acids is 1. The summed E-state index contributed by atoms with van der Waals surface area (Å²) in [6.45, 7) is 3.60. The first kappa shape index (κ1) is 15.8. The molecular weight excluding hydrogens is 284 g/mol. The molecular formula is C16H18N2O4. The summed E-state index contributed by atoms with van der Waals surface area (Å²) in [6, 6.07) is 7.61. The van der Waals surface area contributed by atoms with Crippen molar-refractivity contribution in [1.29, 1.82) is 0 Å². The van der Waals surface area contributed by atoms with Crippen LogP contribution in [0.3, 0.4) is 0 Å². The molecule has 0 fully saturated rings. The summed E-state index contributed by atoms with van der Waals surface area (Å²) in [5.41, 5.74) is 2.18. The maximum absolute atomic E-state index is 11.9. The van der Waals surface area contributed by atoms with Crippen molar-refractivity contribution in [1.82, 2.24) is 10.3 Å². The number of rotatable bonds is 6. The lowest BCUT2D eigenvalue weighted by Gasteiger charge is -2.14. The lowest BCUT2D eigenvalue weighted by atomic mass is 9.96. The van der Waals surface area contributed by atoms with E-state index in [0.29, 0.717) is 12.2 Å². The molecule has 0 aliphatic rings. The molecule has 2 rings (SSSR count). The fraction of sp³-hybridized carbons (Fsp3) is 0.312. The van der Waals surface area contributed by atoms with Crippen LogP contribution >= 0.6 is 0 Å². The number of hydrogen-bond donors (Lipinski definition) is 2. The maximum atomic E-state index is 11.9. The Hall–Kier alpha value is -2.63. The number of amides is 1. The highest BCUT2D eigenvalue weighted by molar-refractivity contribution is 5.93. The van der Waals surface area contributed by atoms with Gasteiger partial charge in [0.2, 0.25) is 0 Å². The Morgan fingerprint density at radius 1 is 1.32 bits per heavy atom. The number of oxazole rings is 1. The van der Waals surface area contributed by atoms with Crippen LogP contribution in [-0.2, 0) is 11.2 Å². The Morgan fingerprint density at radius 2 is 2.05 bits per heavy atom. The van der Waals surface area contributed by atoms with Gasteiger partial charge in [-0.25, -0.2) is 4.98 Å². The van der Waals surface area contributed by atoms with E-state index in [1.54, 1.807) is 6.92 Å². The van der Waals surface area contributed by atoms with Crippen molar-refractivity contribution in [2.75, 3.05) is 6.54 Å². The molecule has 2 aromatic rings. The van der Waals surface area contributed by atoms with Crippen molar-refractivity contribution in [2.24, 2.45) is 5.92 Å². The van der Waals surface area contributed by atoms with E-state index < -0.39 is 17.8 Å². The van der Waals surface area contributed by atoms with Crippen molar-refractivity contribution in [2.45, 2.75) is 20.3 Å². The Balaban J connectivity index is 2.01. The van der Waals surface area contributed by atoms with Crippen molar-refractivity contribution in [3.8, 4) is 0 Å². The molecule has 0 unspecified atom stereocenters. The van der Waals surface area contributed by atoms with Gasteiger partial charge in [0, 0.05) is 6.54 Å². The number of nitrogens with zero attached hydrogens (tertiary/aromatic N) is 1. The van der Waals surface area contributed by atoms with Gasteiger partial charge < -0.3 is 14.8 Å². The third-order valence-corrected chi connectivity index (χ3v) is 3.55. The molecule has 1 aromatic heterocycles. The first-order valence-corrected chi connectivity index (χ1v) is 6.94. The third-order valence-electron chi connectivity index (χ3n) is 3.55. The summed E-state index contributed by atoms with van der Waals surface area (Å²) in [4.78, 5) is 27.2. The number of carbonyl (C=O) groups is 2. The van der Waals surface area contributed by atoms with E-state index in [0.717, 1.165) is 11.1 Å². The number of nitrogens with one attached hydrogen (secondary N) is 1. The molecule has 0 saturated carbocycles. The predicted molar refractivity (Wildman–Crippen MR) is 79.6 cm³/mol. The summed E-state index contributed by atoms with van der Waals surface area (Å²) in [6.07, 6.45) is 1.55. The van der Waals surface area contributed by atoms with Crippen molar-refractivity contribution >= 4 is 11.9 Å². The number of carboxylic acids is 1. The lowest BCUT2D eigenvalue weighted by Crippen LogP contribution is -2.34. The SMILES string of the molecule is Cc1ccccc1C[C@H](CNC(=O)c1ncoc1C)C(=O)O. The predicted octanol–water partition coefficient (Wildman–Crippen LogP) is 1.96. The van der Waals surface area contributed by atoms with Gasteiger partial charge in [0.15, 0.2) is 12.1 Å². The summed E-state index contributed by atoms with van der Waals surface area (Å²) in [5, 5.41) is 11.9. The Morgan fingerprint density at radius 3 is 2.64 bits per heavy atom. The monoisotopic (exact) mass is 302 g/mol. The molecule has 6 nitrogen and oxygen atoms in total. The summed E-state index contributed by atoms with van der Waals surface area (Å²) in [5.74, 6) is -1.66. The largest absolute Gasteiger partial charge is 0.481 e. The van der Waals surface area contributed by atoms with E-state index in [1.807, 2.05) is 31.2 Å². The van der Waals surface area contributed by atoms with Gasteiger partial charge in [-0.2, -0.15) is 0 Å². The van der Waals surface area contributed by atoms with Crippen LogP contribution in [0.5, 0.6) is 0 Å². The van der Waals surface area contributed by atoms with E-state index >= 15 is 0 Å². The van der Waals surface area contributed by atoms with E-state index in [1.165, 1.54) is 6.39 Å². The van der Waals surface area contributed by atoms with Crippen LogP contribution in [-0.4, -0.2) is 28.5 Å². The number of hydrogen-bond acceptors (Lipinski definition) is 4. The second-order valence-electron chi connectivity index (χ2n) is 5.13. The van der Waals surface area contributed by atoms with Gasteiger partial charge in [0.05, 0.1) is 5.92 Å². The van der Waals surface area contributed by atoms with Gasteiger partial charge >= 0.3 is 5.97 Å². The highest BCUT2D eigenvalue weighted by Gasteiger charge is 2.21. The summed E-state index contributed by atoms with van der Waals surface area (Å²) in [7, 11) is 0. The topological polar surface area (TPSA) is 92.4 Å². The van der Waals surface area contributed by atoms with E-state index in [-0.39, 0.29) is 12.2 Å².